The molecule has 0 spiro atoms. The van der Waals surface area contributed by atoms with E-state index in [1.807, 2.05) is 12.1 Å². The second-order valence-electron chi connectivity index (χ2n) is 2.91. The van der Waals surface area contributed by atoms with E-state index in [1.54, 1.807) is 12.1 Å². The molecule has 1 aromatic rings. The van der Waals surface area contributed by atoms with Gasteiger partial charge in [0, 0.05) is 5.56 Å². The standard InChI is InChI=1S/C9H11NO2/c11-8-3-1-7(2-4-8)9-10-5-6-12-9/h1-4,9-11H,5-6H2/p+1/t9-/m0/s1. The fourth-order valence-corrected chi connectivity index (χ4v) is 1.38. The Morgan fingerprint density at radius 2 is 2.08 bits per heavy atom. The first-order chi connectivity index (χ1) is 5.86. The Labute approximate surface area is 71.0 Å². The summed E-state index contributed by atoms with van der Waals surface area (Å²) in [4.78, 5) is 0. The van der Waals surface area contributed by atoms with E-state index in [0.717, 1.165) is 18.7 Å². The summed E-state index contributed by atoms with van der Waals surface area (Å²) in [6.07, 6.45) is 0.130. The topological polar surface area (TPSA) is 46.1 Å². The van der Waals surface area contributed by atoms with Crippen molar-refractivity contribution in [1.82, 2.24) is 0 Å². The molecule has 64 valence electrons. The van der Waals surface area contributed by atoms with Crippen molar-refractivity contribution in [2.45, 2.75) is 6.23 Å². The molecule has 1 aromatic carbocycles. The predicted molar refractivity (Wildman–Crippen MR) is 43.6 cm³/mol. The normalized spacial score (nSPS) is 22.8. The van der Waals surface area contributed by atoms with Crippen LogP contribution in [0.4, 0.5) is 0 Å². The van der Waals surface area contributed by atoms with Crippen molar-refractivity contribution >= 4 is 0 Å². The zero-order chi connectivity index (χ0) is 8.39. The summed E-state index contributed by atoms with van der Waals surface area (Å²) in [5, 5.41) is 11.2. The molecule has 3 nitrogen and oxygen atoms in total. The Balaban J connectivity index is 2.17. The molecule has 12 heavy (non-hydrogen) atoms. The van der Waals surface area contributed by atoms with E-state index in [-0.39, 0.29) is 6.23 Å². The third-order valence-electron chi connectivity index (χ3n) is 2.02. The first kappa shape index (κ1) is 7.58. The average molecular weight is 166 g/mol. The van der Waals surface area contributed by atoms with Gasteiger partial charge in [-0.15, -0.1) is 0 Å². The maximum Gasteiger partial charge on any atom is 0.217 e. The van der Waals surface area contributed by atoms with Gasteiger partial charge in [0.1, 0.15) is 18.9 Å². The summed E-state index contributed by atoms with van der Waals surface area (Å²) >= 11 is 0. The molecular formula is C9H12NO2+. The Morgan fingerprint density at radius 1 is 1.33 bits per heavy atom. The molecule has 1 saturated heterocycles. The van der Waals surface area contributed by atoms with Gasteiger partial charge in [0.05, 0.1) is 0 Å². The largest absolute Gasteiger partial charge is 0.508 e. The van der Waals surface area contributed by atoms with Crippen LogP contribution in [0.1, 0.15) is 11.8 Å². The fraction of sp³-hybridized carbons (Fsp3) is 0.333. The molecule has 1 heterocycles. The molecule has 0 saturated carbocycles. The quantitative estimate of drug-likeness (QED) is 0.616. The monoisotopic (exact) mass is 166 g/mol. The van der Waals surface area contributed by atoms with Gasteiger partial charge in [-0.2, -0.15) is 0 Å². The molecule has 1 aliphatic heterocycles. The highest BCUT2D eigenvalue weighted by Crippen LogP contribution is 2.16. The van der Waals surface area contributed by atoms with E-state index in [9.17, 15) is 0 Å². The number of hydrogen-bond acceptors (Lipinski definition) is 2. The number of hydrogen-bond donors (Lipinski definition) is 2. The molecule has 1 fully saturated rings. The van der Waals surface area contributed by atoms with Crippen LogP contribution in [-0.2, 0) is 4.74 Å². The molecule has 1 aliphatic rings. The molecule has 0 radical (unpaired) electrons. The molecule has 3 N–H and O–H groups in total. The Kier molecular flexibility index (Phi) is 1.98. The van der Waals surface area contributed by atoms with Gasteiger partial charge in [-0.25, -0.2) is 0 Å². The van der Waals surface area contributed by atoms with E-state index >= 15 is 0 Å². The summed E-state index contributed by atoms with van der Waals surface area (Å²) in [6.45, 7) is 1.83. The maximum atomic E-state index is 9.05. The van der Waals surface area contributed by atoms with E-state index in [2.05, 4.69) is 5.32 Å². The van der Waals surface area contributed by atoms with Crippen LogP contribution in [-0.4, -0.2) is 18.3 Å². The molecule has 0 bridgehead atoms. The van der Waals surface area contributed by atoms with E-state index in [4.69, 9.17) is 9.84 Å². The SMILES string of the molecule is Oc1ccc([C@H]2[NH2+]CCO2)cc1. The van der Waals surface area contributed by atoms with Crippen molar-refractivity contribution in [2.75, 3.05) is 13.2 Å². The lowest BCUT2D eigenvalue weighted by atomic mass is 10.2. The van der Waals surface area contributed by atoms with E-state index < -0.39 is 0 Å². The number of rotatable bonds is 1. The summed E-state index contributed by atoms with van der Waals surface area (Å²) in [7, 11) is 0. The van der Waals surface area contributed by atoms with Gasteiger partial charge in [-0.1, -0.05) is 0 Å². The van der Waals surface area contributed by atoms with Crippen molar-refractivity contribution in [2.24, 2.45) is 0 Å². The minimum atomic E-state index is 0.130. The van der Waals surface area contributed by atoms with Gasteiger partial charge in [-0.3, -0.25) is 0 Å². The number of phenolic OH excluding ortho intramolecular Hbond substituents is 1. The minimum Gasteiger partial charge on any atom is -0.508 e. The van der Waals surface area contributed by atoms with Gasteiger partial charge in [0.25, 0.3) is 0 Å². The highest BCUT2D eigenvalue weighted by atomic mass is 16.5. The summed E-state index contributed by atoms with van der Waals surface area (Å²) in [5.41, 5.74) is 1.12. The summed E-state index contributed by atoms with van der Waals surface area (Å²) in [6, 6.07) is 7.15. The Hall–Kier alpha value is -1.06. The van der Waals surface area contributed by atoms with E-state index in [0.29, 0.717) is 5.75 Å². The average Bonchev–Trinajstić information content (AvgIpc) is 2.58. The number of phenols is 1. The molecule has 3 heteroatoms. The first-order valence-electron chi connectivity index (χ1n) is 4.10. The number of nitrogens with two attached hydrogens (primary N) is 1. The second kappa shape index (κ2) is 3.13. The number of benzene rings is 1. The van der Waals surface area contributed by atoms with Gasteiger partial charge in [0.15, 0.2) is 0 Å². The van der Waals surface area contributed by atoms with Crippen LogP contribution in [0.5, 0.6) is 5.75 Å². The van der Waals surface area contributed by atoms with Crippen molar-refractivity contribution in [3.8, 4) is 5.75 Å². The number of quaternary nitrogens is 1. The highest BCUT2D eigenvalue weighted by molar-refractivity contribution is 5.26. The lowest BCUT2D eigenvalue weighted by Gasteiger charge is -2.05. The first-order valence-corrected chi connectivity index (χ1v) is 4.10. The number of ether oxygens (including phenoxy) is 1. The predicted octanol–water partition coefficient (Wildman–Crippen LogP) is -0.0156. The Morgan fingerprint density at radius 3 is 2.67 bits per heavy atom. The smallest absolute Gasteiger partial charge is 0.217 e. The van der Waals surface area contributed by atoms with Crippen LogP contribution in [0.3, 0.4) is 0 Å². The van der Waals surface area contributed by atoms with Crippen LogP contribution in [0.15, 0.2) is 24.3 Å². The summed E-state index contributed by atoms with van der Waals surface area (Å²) in [5.74, 6) is 0.303. The second-order valence-corrected chi connectivity index (χ2v) is 2.91. The van der Waals surface area contributed by atoms with Crippen LogP contribution in [0, 0.1) is 0 Å². The number of aromatic hydroxyl groups is 1. The zero-order valence-electron chi connectivity index (χ0n) is 6.73. The van der Waals surface area contributed by atoms with E-state index in [1.165, 1.54) is 0 Å². The van der Waals surface area contributed by atoms with Crippen LogP contribution in [0.25, 0.3) is 0 Å². The molecule has 1 atom stereocenters. The fourth-order valence-electron chi connectivity index (χ4n) is 1.38. The maximum absolute atomic E-state index is 9.05. The van der Waals surface area contributed by atoms with Gasteiger partial charge in [0.2, 0.25) is 6.23 Å². The summed E-state index contributed by atoms with van der Waals surface area (Å²) < 4.78 is 5.44. The molecule has 0 aromatic heterocycles. The van der Waals surface area contributed by atoms with Crippen LogP contribution >= 0.6 is 0 Å². The zero-order valence-corrected chi connectivity index (χ0v) is 6.73. The molecule has 2 rings (SSSR count). The van der Waals surface area contributed by atoms with Gasteiger partial charge in [-0.05, 0) is 24.3 Å². The van der Waals surface area contributed by atoms with Crippen molar-refractivity contribution < 1.29 is 15.2 Å². The lowest BCUT2D eigenvalue weighted by molar-refractivity contribution is -0.697. The van der Waals surface area contributed by atoms with Crippen molar-refractivity contribution in [1.29, 1.82) is 0 Å². The van der Waals surface area contributed by atoms with Gasteiger partial charge < -0.3 is 15.2 Å². The third kappa shape index (κ3) is 1.42. The van der Waals surface area contributed by atoms with Crippen molar-refractivity contribution in [3.05, 3.63) is 29.8 Å². The van der Waals surface area contributed by atoms with Crippen molar-refractivity contribution in [3.63, 3.8) is 0 Å². The molecular weight excluding hydrogens is 154 g/mol. The van der Waals surface area contributed by atoms with Crippen LogP contribution in [0.2, 0.25) is 0 Å². The molecule has 0 unspecified atom stereocenters. The highest BCUT2D eigenvalue weighted by Gasteiger charge is 2.20. The van der Waals surface area contributed by atoms with Gasteiger partial charge >= 0.3 is 0 Å². The minimum absolute atomic E-state index is 0.130. The Bertz CT molecular complexity index is 252. The van der Waals surface area contributed by atoms with Crippen LogP contribution < -0.4 is 5.32 Å². The molecule has 0 aliphatic carbocycles. The third-order valence-corrected chi connectivity index (χ3v) is 2.02. The lowest BCUT2D eigenvalue weighted by Crippen LogP contribution is -2.82. The molecule has 0 amide bonds.